The summed E-state index contributed by atoms with van der Waals surface area (Å²) in [5.74, 6) is 1.57. The number of nitrogens with one attached hydrogen (secondary N) is 1. The Labute approximate surface area is 152 Å². The smallest absolute Gasteiger partial charge is 0.258 e. The number of nitrogens with zero attached hydrogens (tertiary/aromatic N) is 1. The number of benzene rings is 2. The van der Waals surface area contributed by atoms with E-state index in [2.05, 4.69) is 5.32 Å². The number of ether oxygens (including phenoxy) is 4. The molecule has 0 aliphatic heterocycles. The average molecular weight is 356 g/mol. The van der Waals surface area contributed by atoms with Crippen LogP contribution in [0.25, 0.3) is 0 Å². The van der Waals surface area contributed by atoms with Crippen molar-refractivity contribution < 1.29 is 23.7 Å². The quantitative estimate of drug-likeness (QED) is 0.780. The molecule has 0 aliphatic rings. The third kappa shape index (κ3) is 4.57. The zero-order chi connectivity index (χ0) is 18.9. The maximum absolute atomic E-state index is 12.0. The molecule has 0 fully saturated rings. The SMILES string of the molecule is COc1cc(CNC(=O)COc2ccccc2C#N)cc(OC)c1OC. The van der Waals surface area contributed by atoms with Gasteiger partial charge in [-0.25, -0.2) is 0 Å². The van der Waals surface area contributed by atoms with E-state index in [1.807, 2.05) is 6.07 Å². The highest BCUT2D eigenvalue weighted by Gasteiger charge is 2.14. The van der Waals surface area contributed by atoms with E-state index in [1.165, 1.54) is 21.3 Å². The van der Waals surface area contributed by atoms with E-state index in [0.717, 1.165) is 5.56 Å². The largest absolute Gasteiger partial charge is 0.493 e. The van der Waals surface area contributed by atoms with Crippen LogP contribution < -0.4 is 24.3 Å². The molecule has 0 saturated heterocycles. The van der Waals surface area contributed by atoms with Gasteiger partial charge in [0.25, 0.3) is 5.91 Å². The second kappa shape index (κ2) is 9.18. The van der Waals surface area contributed by atoms with Crippen LogP contribution in [0.5, 0.6) is 23.0 Å². The summed E-state index contributed by atoms with van der Waals surface area (Å²) in [4.78, 5) is 12.0. The van der Waals surface area contributed by atoms with E-state index in [-0.39, 0.29) is 19.1 Å². The summed E-state index contributed by atoms with van der Waals surface area (Å²) in [6.45, 7) is 0.0714. The molecule has 1 amide bonds. The Balaban J connectivity index is 1.98. The molecule has 0 spiro atoms. The first-order chi connectivity index (χ1) is 12.6. The number of hydrogen-bond acceptors (Lipinski definition) is 6. The van der Waals surface area contributed by atoms with Gasteiger partial charge in [-0.2, -0.15) is 5.26 Å². The minimum absolute atomic E-state index is 0.191. The highest BCUT2D eigenvalue weighted by molar-refractivity contribution is 5.77. The van der Waals surface area contributed by atoms with Crippen molar-refractivity contribution in [1.82, 2.24) is 5.32 Å². The van der Waals surface area contributed by atoms with Gasteiger partial charge in [-0.3, -0.25) is 4.79 Å². The lowest BCUT2D eigenvalue weighted by molar-refractivity contribution is -0.123. The van der Waals surface area contributed by atoms with E-state index in [0.29, 0.717) is 28.6 Å². The minimum Gasteiger partial charge on any atom is -0.493 e. The fourth-order valence-electron chi connectivity index (χ4n) is 2.32. The first-order valence-electron chi connectivity index (χ1n) is 7.80. The number of hydrogen-bond donors (Lipinski definition) is 1. The Morgan fingerprint density at radius 3 is 2.27 bits per heavy atom. The number of nitriles is 1. The molecule has 0 aliphatic carbocycles. The van der Waals surface area contributed by atoms with Gasteiger partial charge in [0.2, 0.25) is 5.75 Å². The molecule has 0 saturated carbocycles. The van der Waals surface area contributed by atoms with Gasteiger partial charge in [-0.05, 0) is 29.8 Å². The van der Waals surface area contributed by atoms with Crippen LogP contribution in [0.2, 0.25) is 0 Å². The Hall–Kier alpha value is -3.40. The molecular formula is C19H20N2O5. The Morgan fingerprint density at radius 2 is 1.69 bits per heavy atom. The van der Waals surface area contributed by atoms with E-state index >= 15 is 0 Å². The first kappa shape index (κ1) is 18.9. The maximum Gasteiger partial charge on any atom is 0.258 e. The zero-order valence-corrected chi connectivity index (χ0v) is 14.9. The van der Waals surface area contributed by atoms with Gasteiger partial charge in [0.1, 0.15) is 11.8 Å². The number of carbonyl (C=O) groups excluding carboxylic acids is 1. The lowest BCUT2D eigenvalue weighted by Gasteiger charge is -2.14. The monoisotopic (exact) mass is 356 g/mol. The van der Waals surface area contributed by atoms with Gasteiger partial charge in [-0.1, -0.05) is 12.1 Å². The second-order valence-electron chi connectivity index (χ2n) is 5.21. The predicted octanol–water partition coefficient (Wildman–Crippen LogP) is 2.28. The molecule has 2 rings (SSSR count). The lowest BCUT2D eigenvalue weighted by atomic mass is 10.1. The van der Waals surface area contributed by atoms with Crippen molar-refractivity contribution in [3.8, 4) is 29.1 Å². The van der Waals surface area contributed by atoms with Crippen LogP contribution >= 0.6 is 0 Å². The first-order valence-corrected chi connectivity index (χ1v) is 7.80. The van der Waals surface area contributed by atoms with Crippen molar-refractivity contribution in [3.63, 3.8) is 0 Å². The minimum atomic E-state index is -0.313. The number of amides is 1. The molecule has 2 aromatic carbocycles. The average Bonchev–Trinajstić information content (AvgIpc) is 2.69. The number of para-hydroxylation sites is 1. The van der Waals surface area contributed by atoms with E-state index in [9.17, 15) is 4.79 Å². The molecule has 7 heteroatoms. The second-order valence-corrected chi connectivity index (χ2v) is 5.21. The Kier molecular flexibility index (Phi) is 6.68. The molecule has 26 heavy (non-hydrogen) atoms. The number of carbonyl (C=O) groups is 1. The van der Waals surface area contributed by atoms with Gasteiger partial charge in [0, 0.05) is 6.54 Å². The highest BCUT2D eigenvalue weighted by Crippen LogP contribution is 2.38. The van der Waals surface area contributed by atoms with Crippen LogP contribution in [0, 0.1) is 11.3 Å². The molecule has 0 radical (unpaired) electrons. The molecule has 0 aromatic heterocycles. The summed E-state index contributed by atoms with van der Waals surface area (Å²) < 4.78 is 21.2. The molecule has 0 atom stereocenters. The van der Waals surface area contributed by atoms with Gasteiger partial charge in [0.15, 0.2) is 18.1 Å². The van der Waals surface area contributed by atoms with Gasteiger partial charge < -0.3 is 24.3 Å². The maximum atomic E-state index is 12.0. The van der Waals surface area contributed by atoms with Crippen molar-refractivity contribution >= 4 is 5.91 Å². The van der Waals surface area contributed by atoms with Gasteiger partial charge in [0.05, 0.1) is 26.9 Å². The summed E-state index contributed by atoms with van der Waals surface area (Å²) in [5.41, 5.74) is 1.16. The predicted molar refractivity (Wildman–Crippen MR) is 94.6 cm³/mol. The standard InChI is InChI=1S/C19H20N2O5/c1-23-16-8-13(9-17(24-2)19(16)25-3)11-21-18(22)12-26-15-7-5-4-6-14(15)10-20/h4-9H,11-12H2,1-3H3,(H,21,22). The van der Waals surface area contributed by atoms with Crippen LogP contribution in [0.15, 0.2) is 36.4 Å². The number of rotatable bonds is 8. The van der Waals surface area contributed by atoms with Crippen molar-refractivity contribution in [2.45, 2.75) is 6.54 Å². The lowest BCUT2D eigenvalue weighted by Crippen LogP contribution is -2.28. The van der Waals surface area contributed by atoms with Crippen molar-refractivity contribution in [2.75, 3.05) is 27.9 Å². The molecule has 0 bridgehead atoms. The summed E-state index contributed by atoms with van der Waals surface area (Å²) in [6, 6.07) is 12.3. The number of methoxy groups -OCH3 is 3. The Bertz CT molecular complexity index is 789. The summed E-state index contributed by atoms with van der Waals surface area (Å²) >= 11 is 0. The Morgan fingerprint density at radius 1 is 1.04 bits per heavy atom. The normalized spacial score (nSPS) is 9.77. The molecule has 0 unspecified atom stereocenters. The summed E-state index contributed by atoms with van der Waals surface area (Å²) in [6.07, 6.45) is 0. The fourth-order valence-corrected chi connectivity index (χ4v) is 2.32. The van der Waals surface area contributed by atoms with Crippen LogP contribution in [0.3, 0.4) is 0 Å². The van der Waals surface area contributed by atoms with Crippen LogP contribution in [0.4, 0.5) is 0 Å². The molecule has 2 aromatic rings. The zero-order valence-electron chi connectivity index (χ0n) is 14.9. The molecule has 7 nitrogen and oxygen atoms in total. The van der Waals surface area contributed by atoms with E-state index < -0.39 is 0 Å². The molecular weight excluding hydrogens is 336 g/mol. The van der Waals surface area contributed by atoms with Gasteiger partial charge in [-0.15, -0.1) is 0 Å². The highest BCUT2D eigenvalue weighted by atomic mass is 16.5. The van der Waals surface area contributed by atoms with Crippen LogP contribution in [-0.2, 0) is 11.3 Å². The van der Waals surface area contributed by atoms with Crippen molar-refractivity contribution in [1.29, 1.82) is 5.26 Å². The van der Waals surface area contributed by atoms with Crippen LogP contribution in [0.1, 0.15) is 11.1 Å². The van der Waals surface area contributed by atoms with Gasteiger partial charge >= 0.3 is 0 Å². The third-order valence-corrected chi connectivity index (χ3v) is 3.58. The van der Waals surface area contributed by atoms with Crippen molar-refractivity contribution in [3.05, 3.63) is 47.5 Å². The molecule has 0 heterocycles. The van der Waals surface area contributed by atoms with Crippen LogP contribution in [-0.4, -0.2) is 33.8 Å². The van der Waals surface area contributed by atoms with E-state index in [4.69, 9.17) is 24.2 Å². The topological polar surface area (TPSA) is 89.8 Å². The molecule has 1 N–H and O–H groups in total. The van der Waals surface area contributed by atoms with Crippen molar-refractivity contribution in [2.24, 2.45) is 0 Å². The summed E-state index contributed by atoms with van der Waals surface area (Å²) in [7, 11) is 4.58. The summed E-state index contributed by atoms with van der Waals surface area (Å²) in [5, 5.41) is 11.8. The van der Waals surface area contributed by atoms with E-state index in [1.54, 1.807) is 36.4 Å². The fraction of sp³-hybridized carbons (Fsp3) is 0.263. The molecule has 136 valence electrons. The third-order valence-electron chi connectivity index (χ3n) is 3.58.